The molecular weight excluding hydrogens is 266 g/mol. The van der Waals surface area contributed by atoms with E-state index in [9.17, 15) is 9.90 Å². The third-order valence-corrected chi connectivity index (χ3v) is 4.30. The van der Waals surface area contributed by atoms with E-state index in [2.05, 4.69) is 51.3 Å². The summed E-state index contributed by atoms with van der Waals surface area (Å²) in [6.07, 6.45) is -0.814. The molecule has 0 radical (unpaired) electrons. The molecule has 0 aromatic carbocycles. The Labute approximate surface area is 129 Å². The van der Waals surface area contributed by atoms with E-state index in [1.54, 1.807) is 4.58 Å². The van der Waals surface area contributed by atoms with Gasteiger partial charge in [-0.05, 0) is 26.2 Å². The molecule has 2 unspecified atom stereocenters. The summed E-state index contributed by atoms with van der Waals surface area (Å²) in [5.74, 6) is 0.337. The second-order valence-corrected chi connectivity index (χ2v) is 6.04. The first-order chi connectivity index (χ1) is 9.92. The van der Waals surface area contributed by atoms with Crippen molar-refractivity contribution in [3.8, 4) is 0 Å². The summed E-state index contributed by atoms with van der Waals surface area (Å²) in [7, 11) is 0. The first kappa shape index (κ1) is 18.1. The van der Waals surface area contributed by atoms with Crippen molar-refractivity contribution in [1.29, 1.82) is 0 Å². The fourth-order valence-corrected chi connectivity index (χ4v) is 3.21. The molecule has 1 rings (SSSR count). The van der Waals surface area contributed by atoms with E-state index in [-0.39, 0.29) is 12.1 Å². The number of carboxylic acid groups (broad SMARTS) is 1. The maximum Gasteiger partial charge on any atom is 0.593 e. The number of nitrogens with zero attached hydrogens (tertiary/aromatic N) is 3. The monoisotopic (exact) mass is 298 g/mol. The van der Waals surface area contributed by atoms with Crippen LogP contribution in [0.4, 0.5) is 4.79 Å². The summed E-state index contributed by atoms with van der Waals surface area (Å²) in [5, 5.41) is 9.59. The number of amides is 1. The fraction of sp³-hybridized carbons (Fsp3) is 0.875. The molecular formula is C16H32N3O2+. The van der Waals surface area contributed by atoms with Gasteiger partial charge < -0.3 is 5.11 Å². The van der Waals surface area contributed by atoms with Crippen LogP contribution >= 0.6 is 0 Å². The van der Waals surface area contributed by atoms with Gasteiger partial charge in [0.2, 0.25) is 5.71 Å². The van der Waals surface area contributed by atoms with Gasteiger partial charge in [0.15, 0.2) is 6.54 Å². The van der Waals surface area contributed by atoms with Gasteiger partial charge >= 0.3 is 6.09 Å². The molecule has 0 saturated heterocycles. The summed E-state index contributed by atoms with van der Waals surface area (Å²) in [6, 6.07) is 0.518. The molecule has 122 valence electrons. The molecule has 1 N–H and O–H groups in total. The minimum atomic E-state index is -0.814. The van der Waals surface area contributed by atoms with Crippen LogP contribution in [-0.2, 0) is 0 Å². The van der Waals surface area contributed by atoms with Crippen molar-refractivity contribution in [1.82, 2.24) is 9.80 Å². The highest BCUT2D eigenvalue weighted by Gasteiger charge is 2.60. The van der Waals surface area contributed by atoms with E-state index in [4.69, 9.17) is 0 Å². The average molecular weight is 298 g/mol. The lowest BCUT2D eigenvalue weighted by atomic mass is 10.2. The predicted octanol–water partition coefficient (Wildman–Crippen LogP) is 2.21. The first-order valence-corrected chi connectivity index (χ1v) is 8.27. The fourth-order valence-electron chi connectivity index (χ4n) is 3.21. The smallest absolute Gasteiger partial charge is 0.427 e. The van der Waals surface area contributed by atoms with Crippen LogP contribution < -0.4 is 0 Å². The molecule has 1 aliphatic carbocycles. The molecule has 0 aliphatic heterocycles. The van der Waals surface area contributed by atoms with E-state index in [1.807, 2.05) is 0 Å². The molecule has 0 bridgehead atoms. The minimum absolute atomic E-state index is 0.259. The number of likely N-dealkylation sites (N-methyl/N-ethyl adjacent to an activating group) is 2. The van der Waals surface area contributed by atoms with Crippen LogP contribution in [0.5, 0.6) is 0 Å². The van der Waals surface area contributed by atoms with Crippen LogP contribution in [0.3, 0.4) is 0 Å². The Bertz CT molecular complexity index is 365. The molecule has 0 aromatic heterocycles. The summed E-state index contributed by atoms with van der Waals surface area (Å²) in [6.45, 7) is 17.1. The molecule has 0 aromatic rings. The summed E-state index contributed by atoms with van der Waals surface area (Å²) in [4.78, 5) is 16.4. The molecule has 5 heteroatoms. The van der Waals surface area contributed by atoms with E-state index < -0.39 is 6.09 Å². The Hall–Kier alpha value is -0.940. The number of rotatable bonds is 8. The van der Waals surface area contributed by atoms with Gasteiger partial charge in [0, 0.05) is 5.92 Å². The van der Waals surface area contributed by atoms with Crippen molar-refractivity contribution in [2.75, 3.05) is 32.7 Å². The summed E-state index contributed by atoms with van der Waals surface area (Å²) in [5.41, 5.74) is 1.07. The van der Waals surface area contributed by atoms with Gasteiger partial charge in [-0.15, -0.1) is 4.58 Å². The molecule has 5 nitrogen and oxygen atoms in total. The third-order valence-electron chi connectivity index (χ3n) is 4.30. The van der Waals surface area contributed by atoms with Gasteiger partial charge in [0.25, 0.3) is 0 Å². The van der Waals surface area contributed by atoms with Crippen molar-refractivity contribution in [2.45, 2.75) is 53.6 Å². The normalized spacial score (nSPS) is 21.5. The Morgan fingerprint density at radius 2 is 1.43 bits per heavy atom. The van der Waals surface area contributed by atoms with Crippen molar-refractivity contribution in [3.05, 3.63) is 0 Å². The lowest BCUT2D eigenvalue weighted by Gasteiger charge is -2.20. The minimum Gasteiger partial charge on any atom is -0.427 e. The lowest BCUT2D eigenvalue weighted by Crippen LogP contribution is -2.34. The molecule has 0 heterocycles. The Kier molecular flexibility index (Phi) is 6.81. The van der Waals surface area contributed by atoms with Crippen LogP contribution in [0.25, 0.3) is 0 Å². The van der Waals surface area contributed by atoms with Gasteiger partial charge in [-0.25, -0.2) is 0 Å². The maximum absolute atomic E-state index is 11.7. The highest BCUT2D eigenvalue weighted by atomic mass is 16.4. The second-order valence-electron chi connectivity index (χ2n) is 6.04. The van der Waals surface area contributed by atoms with Crippen LogP contribution in [0.15, 0.2) is 0 Å². The van der Waals surface area contributed by atoms with Crippen LogP contribution in [0, 0.1) is 5.92 Å². The predicted molar refractivity (Wildman–Crippen MR) is 86.4 cm³/mol. The van der Waals surface area contributed by atoms with Crippen LogP contribution in [0.1, 0.15) is 41.5 Å². The molecule has 1 amide bonds. The van der Waals surface area contributed by atoms with Gasteiger partial charge in [-0.1, -0.05) is 41.5 Å². The maximum atomic E-state index is 11.7. The van der Waals surface area contributed by atoms with Gasteiger partial charge in [0.05, 0.1) is 0 Å². The zero-order chi connectivity index (χ0) is 16.2. The molecule has 21 heavy (non-hydrogen) atoms. The van der Waals surface area contributed by atoms with E-state index in [1.165, 1.54) is 0 Å². The van der Waals surface area contributed by atoms with E-state index >= 15 is 0 Å². The Morgan fingerprint density at radius 1 is 1.05 bits per heavy atom. The Morgan fingerprint density at radius 3 is 1.67 bits per heavy atom. The van der Waals surface area contributed by atoms with Crippen molar-refractivity contribution >= 4 is 11.8 Å². The van der Waals surface area contributed by atoms with Crippen LogP contribution in [0.2, 0.25) is 0 Å². The van der Waals surface area contributed by atoms with E-state index in [0.717, 1.165) is 31.9 Å². The number of carbonyl (C=O) groups is 1. The molecule has 1 fully saturated rings. The highest BCUT2D eigenvalue weighted by molar-refractivity contribution is 6.09. The first-order valence-electron chi connectivity index (χ1n) is 8.27. The van der Waals surface area contributed by atoms with Crippen molar-refractivity contribution < 1.29 is 14.5 Å². The SMILES string of the molecule is CCN(CC)C1C(=[N+](CC(C)C)C(=O)O)C1N(CC)CC. The molecule has 0 spiro atoms. The largest absolute Gasteiger partial charge is 0.593 e. The number of hydrogen-bond donors (Lipinski definition) is 1. The average Bonchev–Trinajstić information content (AvgIpc) is 3.13. The summed E-state index contributed by atoms with van der Waals surface area (Å²) < 4.78 is 1.59. The van der Waals surface area contributed by atoms with Gasteiger partial charge in [-0.2, -0.15) is 4.79 Å². The topological polar surface area (TPSA) is 46.8 Å². The van der Waals surface area contributed by atoms with Gasteiger partial charge in [0.1, 0.15) is 12.1 Å². The number of hydrogen-bond acceptors (Lipinski definition) is 3. The standard InChI is InChI=1S/C16H31N3O2/c1-7-17(8-2)13-14(18(9-3)10-4)15(13)19(16(20)21)11-12(5)6/h12-14H,7-11H2,1-6H3/p+1. The lowest BCUT2D eigenvalue weighted by molar-refractivity contribution is -0.450. The highest BCUT2D eigenvalue weighted by Crippen LogP contribution is 2.30. The second kappa shape index (κ2) is 7.90. The third kappa shape index (κ3) is 4.04. The van der Waals surface area contributed by atoms with Crippen molar-refractivity contribution in [3.63, 3.8) is 0 Å². The Balaban J connectivity index is 3.17. The van der Waals surface area contributed by atoms with Crippen LogP contribution in [-0.4, -0.2) is 76.1 Å². The molecule has 1 aliphatic rings. The zero-order valence-electron chi connectivity index (χ0n) is 14.5. The zero-order valence-corrected chi connectivity index (χ0v) is 14.5. The summed E-state index contributed by atoms with van der Waals surface area (Å²) >= 11 is 0. The van der Waals surface area contributed by atoms with Gasteiger partial charge in [-0.3, -0.25) is 9.80 Å². The van der Waals surface area contributed by atoms with Crippen molar-refractivity contribution in [2.24, 2.45) is 5.92 Å². The quantitative estimate of drug-likeness (QED) is 0.698. The molecule has 2 atom stereocenters. The van der Waals surface area contributed by atoms with E-state index in [0.29, 0.717) is 12.5 Å². The molecule has 1 saturated carbocycles.